The van der Waals surface area contributed by atoms with Gasteiger partial charge in [-0.15, -0.1) is 0 Å². The van der Waals surface area contributed by atoms with Crippen LogP contribution >= 0.6 is 15.9 Å². The molecule has 2 N–H and O–H groups in total. The lowest BCUT2D eigenvalue weighted by molar-refractivity contribution is 0.432. The zero-order valence-corrected chi connectivity index (χ0v) is 11.8. The Morgan fingerprint density at radius 1 is 1.10 bits per heavy atom. The van der Waals surface area contributed by atoms with Gasteiger partial charge < -0.3 is 10.3 Å². The standard InChI is InChI=1S/C14H9BrFN3O/c15-11-5-4-9(7-12(11)16)14-18-13(19-20-14)8-2-1-3-10(17)6-8/h1-7H,17H2. The molecule has 20 heavy (non-hydrogen) atoms. The van der Waals surface area contributed by atoms with Crippen molar-refractivity contribution in [3.8, 4) is 22.8 Å². The Morgan fingerprint density at radius 3 is 2.70 bits per heavy atom. The Hall–Kier alpha value is -2.21. The van der Waals surface area contributed by atoms with Crippen molar-refractivity contribution in [3.63, 3.8) is 0 Å². The SMILES string of the molecule is Nc1cccc(-c2noc(-c3ccc(Br)c(F)c3)n2)c1. The highest BCUT2D eigenvalue weighted by atomic mass is 79.9. The number of nitrogens with two attached hydrogens (primary N) is 1. The third-order valence-corrected chi connectivity index (χ3v) is 3.38. The van der Waals surface area contributed by atoms with Crippen molar-refractivity contribution in [3.05, 3.63) is 52.8 Å². The highest BCUT2D eigenvalue weighted by molar-refractivity contribution is 9.10. The molecule has 0 bridgehead atoms. The number of anilines is 1. The number of hydrogen-bond acceptors (Lipinski definition) is 4. The van der Waals surface area contributed by atoms with Crippen LogP contribution in [-0.2, 0) is 0 Å². The lowest BCUT2D eigenvalue weighted by atomic mass is 10.2. The van der Waals surface area contributed by atoms with Crippen LogP contribution in [-0.4, -0.2) is 10.1 Å². The summed E-state index contributed by atoms with van der Waals surface area (Å²) in [5, 5.41) is 3.88. The Morgan fingerprint density at radius 2 is 1.95 bits per heavy atom. The minimum Gasteiger partial charge on any atom is -0.399 e. The molecule has 100 valence electrons. The number of hydrogen-bond donors (Lipinski definition) is 1. The molecule has 0 saturated carbocycles. The maximum absolute atomic E-state index is 13.5. The van der Waals surface area contributed by atoms with E-state index in [4.69, 9.17) is 10.3 Å². The Kier molecular flexibility index (Phi) is 3.23. The van der Waals surface area contributed by atoms with Crippen molar-refractivity contribution in [2.75, 3.05) is 5.73 Å². The topological polar surface area (TPSA) is 64.9 Å². The van der Waals surface area contributed by atoms with Gasteiger partial charge in [0, 0.05) is 16.8 Å². The van der Waals surface area contributed by atoms with E-state index in [0.717, 1.165) is 5.56 Å². The molecule has 3 aromatic rings. The number of nitrogens with zero attached hydrogens (tertiary/aromatic N) is 2. The molecule has 4 nitrogen and oxygen atoms in total. The number of aromatic nitrogens is 2. The molecular weight excluding hydrogens is 325 g/mol. The molecular formula is C14H9BrFN3O. The number of nitrogen functional groups attached to an aromatic ring is 1. The molecule has 0 unspecified atom stereocenters. The zero-order chi connectivity index (χ0) is 14.1. The van der Waals surface area contributed by atoms with Crippen molar-refractivity contribution in [2.45, 2.75) is 0 Å². The van der Waals surface area contributed by atoms with Crippen LogP contribution in [0.4, 0.5) is 10.1 Å². The zero-order valence-electron chi connectivity index (χ0n) is 10.2. The lowest BCUT2D eigenvalue weighted by Gasteiger charge is -1.97. The minimum atomic E-state index is -0.383. The molecule has 0 saturated heterocycles. The van der Waals surface area contributed by atoms with Crippen LogP contribution in [0.1, 0.15) is 0 Å². The van der Waals surface area contributed by atoms with Crippen molar-refractivity contribution in [1.82, 2.24) is 10.1 Å². The summed E-state index contributed by atoms with van der Waals surface area (Å²) in [6, 6.07) is 11.8. The molecule has 0 fully saturated rings. The number of rotatable bonds is 2. The first-order chi connectivity index (χ1) is 9.63. The van der Waals surface area contributed by atoms with Crippen LogP contribution in [0.3, 0.4) is 0 Å². The van der Waals surface area contributed by atoms with Gasteiger partial charge >= 0.3 is 0 Å². The van der Waals surface area contributed by atoms with E-state index >= 15 is 0 Å². The van der Waals surface area contributed by atoms with Gasteiger partial charge in [-0.1, -0.05) is 17.3 Å². The van der Waals surface area contributed by atoms with Gasteiger partial charge in [0.15, 0.2) is 0 Å². The Balaban J connectivity index is 1.99. The number of halogens is 2. The molecule has 0 amide bonds. The van der Waals surface area contributed by atoms with E-state index in [0.29, 0.717) is 21.5 Å². The average Bonchev–Trinajstić information content (AvgIpc) is 2.92. The minimum absolute atomic E-state index is 0.258. The van der Waals surface area contributed by atoms with Gasteiger partial charge in [-0.25, -0.2) is 4.39 Å². The van der Waals surface area contributed by atoms with Crippen LogP contribution in [0.15, 0.2) is 51.5 Å². The fourth-order valence-corrected chi connectivity index (χ4v) is 2.01. The highest BCUT2D eigenvalue weighted by Crippen LogP contribution is 2.26. The van der Waals surface area contributed by atoms with E-state index in [9.17, 15) is 4.39 Å². The molecule has 6 heteroatoms. The summed E-state index contributed by atoms with van der Waals surface area (Å²) < 4.78 is 19.0. The molecule has 0 aliphatic rings. The van der Waals surface area contributed by atoms with E-state index < -0.39 is 0 Å². The van der Waals surface area contributed by atoms with Gasteiger partial charge in [0.2, 0.25) is 5.82 Å². The first-order valence-corrected chi connectivity index (χ1v) is 6.58. The molecule has 2 aromatic carbocycles. The first kappa shape index (κ1) is 12.8. The van der Waals surface area contributed by atoms with Gasteiger partial charge in [0.25, 0.3) is 5.89 Å². The fraction of sp³-hybridized carbons (Fsp3) is 0. The summed E-state index contributed by atoms with van der Waals surface area (Å²) in [7, 11) is 0. The van der Waals surface area contributed by atoms with Crippen molar-refractivity contribution >= 4 is 21.6 Å². The summed E-state index contributed by atoms with van der Waals surface area (Å²) in [5.74, 6) is 0.288. The second kappa shape index (κ2) is 5.05. The third-order valence-electron chi connectivity index (χ3n) is 2.74. The van der Waals surface area contributed by atoms with Crippen LogP contribution in [0, 0.1) is 5.82 Å². The van der Waals surface area contributed by atoms with Gasteiger partial charge in [0.05, 0.1) is 4.47 Å². The molecule has 1 heterocycles. The smallest absolute Gasteiger partial charge is 0.258 e. The highest BCUT2D eigenvalue weighted by Gasteiger charge is 2.12. The molecule has 1 aromatic heterocycles. The summed E-state index contributed by atoms with van der Waals surface area (Å²) in [5.41, 5.74) is 7.59. The van der Waals surface area contributed by atoms with Crippen LogP contribution < -0.4 is 5.73 Å². The van der Waals surface area contributed by atoms with E-state index in [1.165, 1.54) is 6.07 Å². The second-order valence-corrected chi connectivity index (χ2v) is 5.03. The predicted octanol–water partition coefficient (Wildman–Crippen LogP) is 3.89. The van der Waals surface area contributed by atoms with Crippen LogP contribution in [0.25, 0.3) is 22.8 Å². The predicted molar refractivity (Wildman–Crippen MR) is 77.2 cm³/mol. The average molecular weight is 334 g/mol. The fourth-order valence-electron chi connectivity index (χ4n) is 1.76. The maximum atomic E-state index is 13.5. The quantitative estimate of drug-likeness (QED) is 0.722. The van der Waals surface area contributed by atoms with Crippen molar-refractivity contribution in [2.24, 2.45) is 0 Å². The van der Waals surface area contributed by atoms with Gasteiger partial charge in [-0.3, -0.25) is 0 Å². The van der Waals surface area contributed by atoms with E-state index in [1.807, 2.05) is 6.07 Å². The van der Waals surface area contributed by atoms with Gasteiger partial charge in [-0.05, 0) is 46.3 Å². The molecule has 0 radical (unpaired) electrons. The maximum Gasteiger partial charge on any atom is 0.258 e. The van der Waals surface area contributed by atoms with Crippen LogP contribution in [0.5, 0.6) is 0 Å². The van der Waals surface area contributed by atoms with Crippen molar-refractivity contribution in [1.29, 1.82) is 0 Å². The molecule has 0 aliphatic carbocycles. The van der Waals surface area contributed by atoms with Crippen LogP contribution in [0.2, 0.25) is 0 Å². The lowest BCUT2D eigenvalue weighted by Crippen LogP contribution is -1.86. The first-order valence-electron chi connectivity index (χ1n) is 5.78. The third kappa shape index (κ3) is 2.42. The van der Waals surface area contributed by atoms with Gasteiger partial charge in [0.1, 0.15) is 5.82 Å². The Labute approximate surface area is 122 Å². The van der Waals surface area contributed by atoms with E-state index in [-0.39, 0.29) is 11.7 Å². The number of benzene rings is 2. The molecule has 0 spiro atoms. The summed E-state index contributed by atoms with van der Waals surface area (Å²) in [4.78, 5) is 4.25. The molecule has 0 aliphatic heterocycles. The van der Waals surface area contributed by atoms with E-state index in [2.05, 4.69) is 26.1 Å². The summed E-state index contributed by atoms with van der Waals surface area (Å²) >= 11 is 3.10. The largest absolute Gasteiger partial charge is 0.399 e. The molecule has 0 atom stereocenters. The monoisotopic (exact) mass is 333 g/mol. The summed E-state index contributed by atoms with van der Waals surface area (Å²) in [6.45, 7) is 0. The second-order valence-electron chi connectivity index (χ2n) is 4.18. The normalized spacial score (nSPS) is 10.7. The summed E-state index contributed by atoms with van der Waals surface area (Å²) in [6.07, 6.45) is 0. The van der Waals surface area contributed by atoms with Crippen molar-refractivity contribution < 1.29 is 8.91 Å². The van der Waals surface area contributed by atoms with E-state index in [1.54, 1.807) is 30.3 Å². The molecule has 3 rings (SSSR count). The Bertz CT molecular complexity index is 773. The van der Waals surface area contributed by atoms with Gasteiger partial charge in [-0.2, -0.15) is 4.98 Å².